The minimum atomic E-state index is -3.79. The Kier molecular flexibility index (Phi) is 6.01. The monoisotopic (exact) mass is 411 g/mol. The van der Waals surface area contributed by atoms with Gasteiger partial charge in [0.15, 0.2) is 6.79 Å². The number of nitrogens with one attached hydrogen (secondary N) is 1. The number of hydrogen-bond donors (Lipinski definition) is 1. The number of rotatable bonds is 6. The van der Waals surface area contributed by atoms with Crippen LogP contribution in [0.2, 0.25) is 5.02 Å². The van der Waals surface area contributed by atoms with E-state index in [-0.39, 0.29) is 18.3 Å². The molecule has 0 aliphatic carbocycles. The van der Waals surface area contributed by atoms with Gasteiger partial charge in [-0.3, -0.25) is 4.79 Å². The Morgan fingerprint density at radius 3 is 2.74 bits per heavy atom. The number of carbonyl (C=O) groups excluding carboxylic acids is 1. The van der Waals surface area contributed by atoms with Gasteiger partial charge in [-0.1, -0.05) is 29.3 Å². The van der Waals surface area contributed by atoms with Crippen molar-refractivity contribution in [2.45, 2.75) is 25.0 Å². The number of sulfonamides is 1. The molecule has 7 nitrogen and oxygen atoms in total. The molecule has 1 aliphatic rings. The van der Waals surface area contributed by atoms with E-state index in [0.29, 0.717) is 22.9 Å². The highest BCUT2D eigenvalue weighted by Crippen LogP contribution is 2.32. The first kappa shape index (κ1) is 19.6. The highest BCUT2D eigenvalue weighted by molar-refractivity contribution is 7.89. The summed E-state index contributed by atoms with van der Waals surface area (Å²) in [5.74, 6) is -0.148. The number of carbonyl (C=O) groups is 1. The molecule has 0 aromatic heterocycles. The van der Waals surface area contributed by atoms with Crippen molar-refractivity contribution in [3.05, 3.63) is 58.1 Å². The molecule has 0 bridgehead atoms. The van der Waals surface area contributed by atoms with Crippen LogP contribution in [0.15, 0.2) is 41.3 Å². The maximum atomic E-state index is 12.2. The van der Waals surface area contributed by atoms with Gasteiger partial charge in [0.1, 0.15) is 18.9 Å². The van der Waals surface area contributed by atoms with E-state index in [4.69, 9.17) is 25.8 Å². The number of benzene rings is 2. The van der Waals surface area contributed by atoms with Gasteiger partial charge < -0.3 is 14.2 Å². The van der Waals surface area contributed by atoms with Crippen molar-refractivity contribution < 1.29 is 27.4 Å². The second kappa shape index (κ2) is 8.26. The minimum absolute atomic E-state index is 0.0817. The van der Waals surface area contributed by atoms with E-state index in [2.05, 4.69) is 4.72 Å². The van der Waals surface area contributed by atoms with Crippen molar-refractivity contribution in [3.8, 4) is 5.75 Å². The molecule has 0 unspecified atom stereocenters. The summed E-state index contributed by atoms with van der Waals surface area (Å²) in [5, 5.41) is 0.467. The fraction of sp³-hybridized carbons (Fsp3) is 0.278. The summed E-state index contributed by atoms with van der Waals surface area (Å²) >= 11 is 6.05. The third-order valence-electron chi connectivity index (χ3n) is 3.88. The molecule has 0 fully saturated rings. The van der Waals surface area contributed by atoms with Gasteiger partial charge >= 0.3 is 5.97 Å². The van der Waals surface area contributed by atoms with Crippen LogP contribution in [0, 0.1) is 6.92 Å². The summed E-state index contributed by atoms with van der Waals surface area (Å²) in [5.41, 5.74) is 2.29. The normalized spacial score (nSPS) is 13.6. The Balaban J connectivity index is 1.59. The number of ether oxygens (including phenoxy) is 3. The Labute approximate surface area is 162 Å². The van der Waals surface area contributed by atoms with Gasteiger partial charge in [-0.25, -0.2) is 8.42 Å². The number of hydrogen-bond acceptors (Lipinski definition) is 6. The molecule has 0 atom stereocenters. The highest BCUT2D eigenvalue weighted by Gasteiger charge is 2.19. The summed E-state index contributed by atoms with van der Waals surface area (Å²) in [6.45, 7) is 1.74. The lowest BCUT2D eigenvalue weighted by Crippen LogP contribution is -2.30. The molecule has 0 saturated carbocycles. The lowest BCUT2D eigenvalue weighted by atomic mass is 10.1. The molecule has 2 aromatic carbocycles. The molecular formula is C18H18ClNO6S. The van der Waals surface area contributed by atoms with Crippen LogP contribution >= 0.6 is 11.6 Å². The first-order valence-electron chi connectivity index (χ1n) is 8.09. The molecule has 144 valence electrons. The van der Waals surface area contributed by atoms with Crippen LogP contribution in [0.4, 0.5) is 0 Å². The zero-order valence-corrected chi connectivity index (χ0v) is 16.1. The van der Waals surface area contributed by atoms with Crippen molar-refractivity contribution >= 4 is 27.6 Å². The average Bonchev–Trinajstić information content (AvgIpc) is 2.64. The highest BCUT2D eigenvalue weighted by atomic mass is 35.5. The standard InChI is InChI=1S/C18H18ClNO6S/c1-12-2-4-16(5-3-12)27(22,23)20-8-17(21)25-10-14-7-15(19)6-13-9-24-11-26-18(13)14/h2-7,20H,8-11H2,1H3. The molecule has 3 rings (SSSR count). The van der Waals surface area contributed by atoms with Crippen LogP contribution in [0.1, 0.15) is 16.7 Å². The third-order valence-corrected chi connectivity index (χ3v) is 5.51. The van der Waals surface area contributed by atoms with E-state index in [1.165, 1.54) is 12.1 Å². The predicted molar refractivity (Wildman–Crippen MR) is 97.9 cm³/mol. The Morgan fingerprint density at radius 1 is 1.26 bits per heavy atom. The molecule has 9 heteroatoms. The van der Waals surface area contributed by atoms with E-state index in [1.54, 1.807) is 24.3 Å². The molecule has 0 spiro atoms. The van der Waals surface area contributed by atoms with Gasteiger partial charge in [-0.05, 0) is 31.2 Å². The van der Waals surface area contributed by atoms with Crippen LogP contribution in [-0.4, -0.2) is 27.7 Å². The Hall–Kier alpha value is -2.13. The summed E-state index contributed by atoms with van der Waals surface area (Å²) in [6.07, 6.45) is 0. The van der Waals surface area contributed by atoms with Crippen LogP contribution in [0.25, 0.3) is 0 Å². The molecule has 0 saturated heterocycles. The molecule has 1 heterocycles. The van der Waals surface area contributed by atoms with Crippen molar-refractivity contribution in [1.82, 2.24) is 4.72 Å². The van der Waals surface area contributed by atoms with Crippen molar-refractivity contribution in [3.63, 3.8) is 0 Å². The van der Waals surface area contributed by atoms with Gasteiger partial charge in [0, 0.05) is 16.1 Å². The second-order valence-electron chi connectivity index (χ2n) is 5.96. The fourth-order valence-corrected chi connectivity index (χ4v) is 3.76. The van der Waals surface area contributed by atoms with E-state index < -0.39 is 22.5 Å². The summed E-state index contributed by atoms with van der Waals surface area (Å²) in [7, 11) is -3.79. The van der Waals surface area contributed by atoms with Crippen LogP contribution in [0.3, 0.4) is 0 Å². The Morgan fingerprint density at radius 2 is 2.00 bits per heavy atom. The van der Waals surface area contributed by atoms with E-state index in [0.717, 1.165) is 11.1 Å². The van der Waals surface area contributed by atoms with E-state index >= 15 is 0 Å². The van der Waals surface area contributed by atoms with Crippen LogP contribution < -0.4 is 9.46 Å². The SMILES string of the molecule is Cc1ccc(S(=O)(=O)NCC(=O)OCc2cc(Cl)cc3c2OCOC3)cc1. The topological polar surface area (TPSA) is 90.9 Å². The van der Waals surface area contributed by atoms with Crippen molar-refractivity contribution in [2.75, 3.05) is 13.3 Å². The van der Waals surface area contributed by atoms with Gasteiger partial charge in [-0.15, -0.1) is 0 Å². The van der Waals surface area contributed by atoms with Crippen LogP contribution in [0.5, 0.6) is 5.75 Å². The largest absolute Gasteiger partial charge is 0.467 e. The van der Waals surface area contributed by atoms with Gasteiger partial charge in [0.2, 0.25) is 10.0 Å². The van der Waals surface area contributed by atoms with Crippen molar-refractivity contribution in [1.29, 1.82) is 0 Å². The maximum absolute atomic E-state index is 12.2. The van der Waals surface area contributed by atoms with E-state index in [1.807, 2.05) is 6.92 Å². The lowest BCUT2D eigenvalue weighted by molar-refractivity contribution is -0.143. The van der Waals surface area contributed by atoms with Gasteiger partial charge in [0.05, 0.1) is 11.5 Å². The molecule has 0 radical (unpaired) electrons. The molecular weight excluding hydrogens is 394 g/mol. The molecule has 1 N–H and O–H groups in total. The lowest BCUT2D eigenvalue weighted by Gasteiger charge is -2.21. The number of fused-ring (bicyclic) bond motifs is 1. The minimum Gasteiger partial charge on any atom is -0.467 e. The van der Waals surface area contributed by atoms with Gasteiger partial charge in [-0.2, -0.15) is 4.72 Å². The first-order valence-corrected chi connectivity index (χ1v) is 9.95. The second-order valence-corrected chi connectivity index (χ2v) is 8.17. The number of aryl methyl sites for hydroxylation is 1. The third kappa shape index (κ3) is 4.98. The molecule has 1 aliphatic heterocycles. The fourth-order valence-electron chi connectivity index (χ4n) is 2.53. The smallest absolute Gasteiger partial charge is 0.321 e. The predicted octanol–water partition coefficient (Wildman–Crippen LogP) is 2.54. The summed E-state index contributed by atoms with van der Waals surface area (Å²) in [4.78, 5) is 12.0. The molecule has 0 amide bonds. The number of esters is 1. The average molecular weight is 412 g/mol. The number of halogens is 1. The quantitative estimate of drug-likeness (QED) is 0.734. The molecule has 2 aromatic rings. The maximum Gasteiger partial charge on any atom is 0.321 e. The summed E-state index contributed by atoms with van der Waals surface area (Å²) < 4.78 is 42.4. The first-order chi connectivity index (χ1) is 12.8. The summed E-state index contributed by atoms with van der Waals surface area (Å²) in [6, 6.07) is 9.66. The van der Waals surface area contributed by atoms with Gasteiger partial charge in [0.25, 0.3) is 0 Å². The Bertz CT molecular complexity index is 943. The molecule has 27 heavy (non-hydrogen) atoms. The zero-order chi connectivity index (χ0) is 19.4. The zero-order valence-electron chi connectivity index (χ0n) is 14.5. The van der Waals surface area contributed by atoms with Crippen LogP contribution in [-0.2, 0) is 37.5 Å². The van der Waals surface area contributed by atoms with Crippen molar-refractivity contribution in [2.24, 2.45) is 0 Å². The van der Waals surface area contributed by atoms with E-state index in [9.17, 15) is 13.2 Å².